The zero-order chi connectivity index (χ0) is 21.6. The minimum absolute atomic E-state index is 0.189. The second-order valence-electron chi connectivity index (χ2n) is 10.5. The summed E-state index contributed by atoms with van der Waals surface area (Å²) in [5.41, 5.74) is -0.617. The third kappa shape index (κ3) is 5.23. The van der Waals surface area contributed by atoms with E-state index in [1.54, 1.807) is 6.92 Å². The van der Waals surface area contributed by atoms with Gasteiger partial charge in [0.15, 0.2) is 6.29 Å². The Kier molecular flexibility index (Phi) is 7.21. The molecule has 28 heavy (non-hydrogen) atoms. The molecule has 166 valence electrons. The summed E-state index contributed by atoms with van der Waals surface area (Å²) in [5.74, 6) is 0. The Labute approximate surface area is 167 Å². The molecular weight excluding hydrogens is 368 g/mol. The highest BCUT2D eigenvalue weighted by Gasteiger charge is 2.52. The summed E-state index contributed by atoms with van der Waals surface area (Å²) in [7, 11) is 0. The molecule has 2 aliphatic heterocycles. The monoisotopic (exact) mass is 406 g/mol. The van der Waals surface area contributed by atoms with Gasteiger partial charge in [0, 0.05) is 0 Å². The summed E-state index contributed by atoms with van der Waals surface area (Å²) in [5, 5.41) is 51.9. The Morgan fingerprint density at radius 1 is 0.750 bits per heavy atom. The summed E-state index contributed by atoms with van der Waals surface area (Å²) in [4.78, 5) is 0. The molecular formula is C20H38O8. The minimum atomic E-state index is -1.50. The molecule has 0 radical (unpaired) electrons. The van der Waals surface area contributed by atoms with Gasteiger partial charge >= 0.3 is 0 Å². The van der Waals surface area contributed by atoms with Gasteiger partial charge in [0.1, 0.15) is 36.6 Å². The van der Waals surface area contributed by atoms with Crippen molar-refractivity contribution >= 4 is 0 Å². The van der Waals surface area contributed by atoms with Gasteiger partial charge in [-0.2, -0.15) is 0 Å². The predicted molar refractivity (Wildman–Crippen MR) is 101 cm³/mol. The molecule has 8 heteroatoms. The molecule has 0 spiro atoms. The van der Waals surface area contributed by atoms with Crippen LogP contribution in [0.25, 0.3) is 0 Å². The first kappa shape index (κ1) is 24.0. The van der Waals surface area contributed by atoms with Crippen LogP contribution in [0.5, 0.6) is 0 Å². The summed E-state index contributed by atoms with van der Waals surface area (Å²) >= 11 is 0. The summed E-state index contributed by atoms with van der Waals surface area (Å²) in [6.45, 7) is 13.4. The molecule has 0 bridgehead atoms. The number of aliphatic hydroxyl groups excluding tert-OH is 5. The van der Waals surface area contributed by atoms with Gasteiger partial charge in [-0.05, 0) is 24.2 Å². The van der Waals surface area contributed by atoms with Gasteiger partial charge < -0.3 is 39.7 Å². The van der Waals surface area contributed by atoms with E-state index >= 15 is 0 Å². The van der Waals surface area contributed by atoms with Crippen LogP contribution in [-0.2, 0) is 14.2 Å². The smallest absolute Gasteiger partial charge is 0.187 e. The minimum Gasteiger partial charge on any atom is -0.388 e. The lowest BCUT2D eigenvalue weighted by molar-refractivity contribution is -0.345. The van der Waals surface area contributed by atoms with Crippen LogP contribution in [-0.4, -0.2) is 86.8 Å². The van der Waals surface area contributed by atoms with Crippen molar-refractivity contribution in [2.75, 3.05) is 0 Å². The summed E-state index contributed by atoms with van der Waals surface area (Å²) in [6, 6.07) is 0. The number of ether oxygens (including phenoxy) is 3. The highest BCUT2D eigenvalue weighted by molar-refractivity contribution is 4.98. The Morgan fingerprint density at radius 3 is 1.82 bits per heavy atom. The Morgan fingerprint density at radius 2 is 1.32 bits per heavy atom. The maximum absolute atomic E-state index is 10.6. The van der Waals surface area contributed by atoms with Gasteiger partial charge in [-0.25, -0.2) is 0 Å². The molecule has 2 heterocycles. The molecule has 10 atom stereocenters. The standard InChI is InChI=1S/C20H38O8/c1-9-11(21)14(24)16(17(26-9)20(5,6)7)28-18-15(25)13(23)12(22)10(27-18)8-19(2,3)4/h9-18,21-25H,8H2,1-7H3/t9?,10?,11-,12+,13?,14-,15?,16?,17+,18-/m0/s1. The van der Waals surface area contributed by atoms with Gasteiger partial charge in [-0.1, -0.05) is 41.5 Å². The van der Waals surface area contributed by atoms with Crippen molar-refractivity contribution in [3.8, 4) is 0 Å². The van der Waals surface area contributed by atoms with Crippen LogP contribution in [0.15, 0.2) is 0 Å². The predicted octanol–water partition coefficient (Wildman–Crippen LogP) is 0.171. The van der Waals surface area contributed by atoms with E-state index in [0.717, 1.165) is 0 Å². The zero-order valence-corrected chi connectivity index (χ0v) is 17.9. The van der Waals surface area contributed by atoms with E-state index in [0.29, 0.717) is 6.42 Å². The normalized spacial score (nSPS) is 45.9. The van der Waals surface area contributed by atoms with Crippen molar-refractivity contribution < 1.29 is 39.7 Å². The molecule has 2 rings (SSSR count). The van der Waals surface area contributed by atoms with E-state index in [1.165, 1.54) is 0 Å². The van der Waals surface area contributed by atoms with Crippen LogP contribution in [0.3, 0.4) is 0 Å². The first-order valence-electron chi connectivity index (χ1n) is 10.00. The van der Waals surface area contributed by atoms with Crippen molar-refractivity contribution in [1.82, 2.24) is 0 Å². The van der Waals surface area contributed by atoms with Crippen LogP contribution >= 0.6 is 0 Å². The van der Waals surface area contributed by atoms with Crippen molar-refractivity contribution in [3.05, 3.63) is 0 Å². The Bertz CT molecular complexity index is 513. The lowest BCUT2D eigenvalue weighted by Crippen LogP contribution is -2.65. The topological polar surface area (TPSA) is 129 Å². The van der Waals surface area contributed by atoms with E-state index in [9.17, 15) is 25.5 Å². The number of hydrogen-bond donors (Lipinski definition) is 5. The zero-order valence-electron chi connectivity index (χ0n) is 17.9. The van der Waals surface area contributed by atoms with Gasteiger partial charge in [0.2, 0.25) is 0 Å². The van der Waals surface area contributed by atoms with Crippen molar-refractivity contribution in [1.29, 1.82) is 0 Å². The molecule has 0 aromatic carbocycles. The quantitative estimate of drug-likeness (QED) is 0.449. The van der Waals surface area contributed by atoms with Crippen LogP contribution in [0.1, 0.15) is 54.9 Å². The summed E-state index contributed by atoms with van der Waals surface area (Å²) in [6.07, 6.45) is -10.4. The lowest BCUT2D eigenvalue weighted by atomic mass is 9.80. The molecule has 5 unspecified atom stereocenters. The van der Waals surface area contributed by atoms with E-state index in [4.69, 9.17) is 14.2 Å². The highest BCUT2D eigenvalue weighted by Crippen LogP contribution is 2.37. The third-order valence-electron chi connectivity index (χ3n) is 5.45. The molecule has 0 amide bonds. The third-order valence-corrected chi connectivity index (χ3v) is 5.45. The van der Waals surface area contributed by atoms with Crippen LogP contribution in [0, 0.1) is 10.8 Å². The molecule has 2 fully saturated rings. The molecule has 0 aromatic rings. The highest BCUT2D eigenvalue weighted by atomic mass is 16.7. The second-order valence-corrected chi connectivity index (χ2v) is 10.5. The van der Waals surface area contributed by atoms with Gasteiger partial charge in [0.25, 0.3) is 0 Å². The first-order chi connectivity index (χ1) is 12.6. The van der Waals surface area contributed by atoms with E-state index in [-0.39, 0.29) is 5.41 Å². The van der Waals surface area contributed by atoms with Gasteiger partial charge in [0.05, 0.1) is 18.3 Å². The number of aliphatic hydroxyl groups is 5. The fraction of sp³-hybridized carbons (Fsp3) is 1.00. The van der Waals surface area contributed by atoms with Crippen molar-refractivity contribution in [3.63, 3.8) is 0 Å². The summed E-state index contributed by atoms with van der Waals surface area (Å²) < 4.78 is 17.6. The average molecular weight is 407 g/mol. The fourth-order valence-electron chi connectivity index (χ4n) is 3.85. The fourth-order valence-corrected chi connectivity index (χ4v) is 3.85. The van der Waals surface area contributed by atoms with E-state index < -0.39 is 66.6 Å². The van der Waals surface area contributed by atoms with Crippen LogP contribution in [0.2, 0.25) is 0 Å². The van der Waals surface area contributed by atoms with Gasteiger partial charge in [-0.15, -0.1) is 0 Å². The molecule has 2 saturated heterocycles. The maximum atomic E-state index is 10.6. The first-order valence-corrected chi connectivity index (χ1v) is 10.00. The van der Waals surface area contributed by atoms with Crippen molar-refractivity contribution in [2.24, 2.45) is 10.8 Å². The second kappa shape index (κ2) is 8.43. The molecule has 0 aromatic heterocycles. The lowest BCUT2D eigenvalue weighted by Gasteiger charge is -2.49. The van der Waals surface area contributed by atoms with Crippen LogP contribution < -0.4 is 0 Å². The molecule has 0 saturated carbocycles. The average Bonchev–Trinajstić information content (AvgIpc) is 2.54. The van der Waals surface area contributed by atoms with Crippen LogP contribution in [0.4, 0.5) is 0 Å². The molecule has 0 aliphatic carbocycles. The Balaban J connectivity index is 2.24. The largest absolute Gasteiger partial charge is 0.388 e. The van der Waals surface area contributed by atoms with Crippen molar-refractivity contribution in [2.45, 2.75) is 116 Å². The van der Waals surface area contributed by atoms with Gasteiger partial charge in [-0.3, -0.25) is 0 Å². The number of rotatable bonds is 3. The molecule has 8 nitrogen and oxygen atoms in total. The molecule has 5 N–H and O–H groups in total. The number of hydrogen-bond acceptors (Lipinski definition) is 8. The Hall–Kier alpha value is -0.320. The van der Waals surface area contributed by atoms with E-state index in [2.05, 4.69) is 0 Å². The SMILES string of the molecule is CC1O[C@@H](C(C)(C)C)C(O[C@@H]2OC(CC(C)(C)C)[C@@H](O)C(O)C2O)[C@@H](O)[C@H]1O. The van der Waals surface area contributed by atoms with E-state index in [1.807, 2.05) is 41.5 Å². The maximum Gasteiger partial charge on any atom is 0.187 e. The molecule has 2 aliphatic rings.